The molecule has 3 rings (SSSR count). The van der Waals surface area contributed by atoms with Crippen LogP contribution >= 0.6 is 0 Å². The lowest BCUT2D eigenvalue weighted by Crippen LogP contribution is -2.35. The van der Waals surface area contributed by atoms with Crippen molar-refractivity contribution < 1.29 is 27.0 Å². The van der Waals surface area contributed by atoms with Crippen LogP contribution in [-0.4, -0.2) is 54.3 Å². The summed E-state index contributed by atoms with van der Waals surface area (Å²) in [6, 6.07) is 3.22. The Morgan fingerprint density at radius 1 is 1.23 bits per heavy atom. The SMILES string of the molecule is CNc1nc(Nc2ccc(CN3CCOCC3)c(F)c2OC(C)C)ncc1C(F)(F)F. The number of nitrogens with zero attached hydrogens (tertiary/aromatic N) is 3. The van der Waals surface area contributed by atoms with Crippen LogP contribution in [0.3, 0.4) is 0 Å². The molecular formula is C20H25F4N5O2. The Morgan fingerprint density at radius 2 is 1.94 bits per heavy atom. The number of hydrogen-bond donors (Lipinski definition) is 2. The average Bonchev–Trinajstić information content (AvgIpc) is 2.72. The minimum Gasteiger partial charge on any atom is -0.486 e. The maximum Gasteiger partial charge on any atom is 0.421 e. The maximum atomic E-state index is 15.3. The van der Waals surface area contributed by atoms with E-state index in [4.69, 9.17) is 9.47 Å². The third-order valence-electron chi connectivity index (χ3n) is 4.61. The molecule has 1 aliphatic heterocycles. The van der Waals surface area contributed by atoms with Gasteiger partial charge in [0.2, 0.25) is 5.95 Å². The molecule has 0 aliphatic carbocycles. The van der Waals surface area contributed by atoms with Gasteiger partial charge >= 0.3 is 6.18 Å². The second-order valence-corrected chi connectivity index (χ2v) is 7.30. The van der Waals surface area contributed by atoms with Crippen LogP contribution in [0.15, 0.2) is 18.3 Å². The first-order chi connectivity index (χ1) is 14.7. The van der Waals surface area contributed by atoms with Gasteiger partial charge in [0.15, 0.2) is 11.6 Å². The Bertz CT molecular complexity index is 902. The predicted molar refractivity (Wildman–Crippen MR) is 108 cm³/mol. The molecule has 7 nitrogen and oxygen atoms in total. The number of rotatable bonds is 7. The van der Waals surface area contributed by atoms with E-state index in [1.54, 1.807) is 26.0 Å². The first-order valence-corrected chi connectivity index (χ1v) is 9.86. The molecule has 2 N–H and O–H groups in total. The van der Waals surface area contributed by atoms with E-state index in [0.29, 0.717) is 44.6 Å². The van der Waals surface area contributed by atoms with Gasteiger partial charge in [-0.1, -0.05) is 6.07 Å². The molecule has 0 atom stereocenters. The molecule has 170 valence electrons. The summed E-state index contributed by atoms with van der Waals surface area (Å²) in [5.41, 5.74) is -0.322. The summed E-state index contributed by atoms with van der Waals surface area (Å²) in [6.45, 7) is 6.49. The molecule has 1 aromatic heterocycles. The Balaban J connectivity index is 1.90. The van der Waals surface area contributed by atoms with Gasteiger partial charge in [0.1, 0.15) is 11.4 Å². The van der Waals surface area contributed by atoms with E-state index in [-0.39, 0.29) is 29.3 Å². The number of halogens is 4. The Kier molecular flexibility index (Phi) is 7.16. The van der Waals surface area contributed by atoms with Crippen LogP contribution in [0.4, 0.5) is 35.0 Å². The summed E-state index contributed by atoms with van der Waals surface area (Å²) in [5, 5.41) is 5.18. The van der Waals surface area contributed by atoms with Crippen LogP contribution in [0.25, 0.3) is 0 Å². The highest BCUT2D eigenvalue weighted by Crippen LogP contribution is 2.36. The van der Waals surface area contributed by atoms with Crippen molar-refractivity contribution in [3.8, 4) is 5.75 Å². The maximum absolute atomic E-state index is 15.3. The van der Waals surface area contributed by atoms with Crippen LogP contribution in [0, 0.1) is 5.82 Å². The highest BCUT2D eigenvalue weighted by atomic mass is 19.4. The third-order valence-corrected chi connectivity index (χ3v) is 4.61. The molecule has 1 aliphatic rings. The van der Waals surface area contributed by atoms with Crippen molar-refractivity contribution in [3.63, 3.8) is 0 Å². The topological polar surface area (TPSA) is 71.5 Å². The number of nitrogens with one attached hydrogen (secondary N) is 2. The van der Waals surface area contributed by atoms with Crippen molar-refractivity contribution in [2.75, 3.05) is 44.0 Å². The number of anilines is 3. The summed E-state index contributed by atoms with van der Waals surface area (Å²) in [5.74, 6) is -1.08. The van der Waals surface area contributed by atoms with Crippen molar-refractivity contribution in [1.82, 2.24) is 14.9 Å². The molecule has 1 saturated heterocycles. The molecule has 0 amide bonds. The van der Waals surface area contributed by atoms with E-state index in [1.807, 2.05) is 0 Å². The second-order valence-electron chi connectivity index (χ2n) is 7.30. The molecule has 0 bridgehead atoms. The van der Waals surface area contributed by atoms with Crippen molar-refractivity contribution in [3.05, 3.63) is 35.3 Å². The van der Waals surface area contributed by atoms with Gasteiger partial charge < -0.3 is 20.1 Å². The Hall–Kier alpha value is -2.66. The molecule has 2 aromatic rings. The second kappa shape index (κ2) is 9.65. The fraction of sp³-hybridized carbons (Fsp3) is 0.500. The van der Waals surface area contributed by atoms with Gasteiger partial charge in [0, 0.05) is 38.4 Å². The zero-order chi connectivity index (χ0) is 22.6. The summed E-state index contributed by atoms with van der Waals surface area (Å²) in [7, 11) is 1.33. The molecule has 0 unspecified atom stereocenters. The van der Waals surface area contributed by atoms with Gasteiger partial charge in [-0.05, 0) is 19.9 Å². The summed E-state index contributed by atoms with van der Waals surface area (Å²) in [6.07, 6.45) is -4.25. The lowest BCUT2D eigenvalue weighted by Gasteiger charge is -2.27. The molecular weight excluding hydrogens is 418 g/mol. The van der Waals surface area contributed by atoms with Crippen molar-refractivity contribution in [1.29, 1.82) is 0 Å². The van der Waals surface area contributed by atoms with Gasteiger partial charge in [0.25, 0.3) is 0 Å². The minimum absolute atomic E-state index is 0.0322. The molecule has 0 saturated carbocycles. The zero-order valence-electron chi connectivity index (χ0n) is 17.5. The molecule has 11 heteroatoms. The largest absolute Gasteiger partial charge is 0.486 e. The monoisotopic (exact) mass is 443 g/mol. The first-order valence-electron chi connectivity index (χ1n) is 9.86. The number of aromatic nitrogens is 2. The first kappa shape index (κ1) is 23.0. The van der Waals surface area contributed by atoms with E-state index in [1.165, 1.54) is 7.05 Å². The molecule has 1 aromatic carbocycles. The lowest BCUT2D eigenvalue weighted by atomic mass is 10.1. The van der Waals surface area contributed by atoms with Gasteiger partial charge in [-0.15, -0.1) is 0 Å². The number of benzene rings is 1. The number of alkyl halides is 3. The highest BCUT2D eigenvalue weighted by Gasteiger charge is 2.35. The zero-order valence-corrected chi connectivity index (χ0v) is 17.5. The van der Waals surface area contributed by atoms with Crippen molar-refractivity contribution in [2.45, 2.75) is 32.7 Å². The number of morpholine rings is 1. The molecule has 1 fully saturated rings. The fourth-order valence-corrected chi connectivity index (χ4v) is 3.13. The van der Waals surface area contributed by atoms with Gasteiger partial charge in [-0.2, -0.15) is 18.2 Å². The molecule has 0 radical (unpaired) electrons. The number of hydrogen-bond acceptors (Lipinski definition) is 7. The van der Waals surface area contributed by atoms with Crippen molar-refractivity contribution in [2.24, 2.45) is 0 Å². The standard InChI is InChI=1S/C20H25F4N5O2/c1-12(2)31-17-15(5-4-13(16(17)21)11-29-6-8-30-9-7-29)27-19-26-10-14(20(22,23)24)18(25-3)28-19/h4-5,10,12H,6-9,11H2,1-3H3,(H2,25,26,27,28). The van der Waals surface area contributed by atoms with E-state index in [0.717, 1.165) is 0 Å². The average molecular weight is 443 g/mol. The fourth-order valence-electron chi connectivity index (χ4n) is 3.13. The Labute approximate surface area is 177 Å². The van der Waals surface area contributed by atoms with Gasteiger partial charge in [-0.3, -0.25) is 4.90 Å². The van der Waals surface area contributed by atoms with Gasteiger partial charge in [-0.25, -0.2) is 9.37 Å². The van der Waals surface area contributed by atoms with Crippen LogP contribution in [0.1, 0.15) is 25.0 Å². The van der Waals surface area contributed by atoms with E-state index < -0.39 is 17.6 Å². The van der Waals surface area contributed by atoms with E-state index in [2.05, 4.69) is 25.5 Å². The molecule has 0 spiro atoms. The highest BCUT2D eigenvalue weighted by molar-refractivity contribution is 5.65. The minimum atomic E-state index is -4.60. The summed E-state index contributed by atoms with van der Waals surface area (Å²) >= 11 is 0. The van der Waals surface area contributed by atoms with Gasteiger partial charge in [0.05, 0.1) is 25.0 Å². The van der Waals surface area contributed by atoms with Crippen LogP contribution in [0.5, 0.6) is 5.75 Å². The molecule has 31 heavy (non-hydrogen) atoms. The quantitative estimate of drug-likeness (QED) is 0.626. The smallest absolute Gasteiger partial charge is 0.421 e. The van der Waals surface area contributed by atoms with Crippen LogP contribution in [-0.2, 0) is 17.5 Å². The van der Waals surface area contributed by atoms with E-state index in [9.17, 15) is 13.2 Å². The normalized spacial score (nSPS) is 15.2. The van der Waals surface area contributed by atoms with Crippen molar-refractivity contribution >= 4 is 17.5 Å². The predicted octanol–water partition coefficient (Wildman–Crippen LogP) is 4.04. The summed E-state index contributed by atoms with van der Waals surface area (Å²) < 4.78 is 65.5. The molecule has 2 heterocycles. The summed E-state index contributed by atoms with van der Waals surface area (Å²) in [4.78, 5) is 9.67. The van der Waals surface area contributed by atoms with E-state index >= 15 is 4.39 Å². The Morgan fingerprint density at radius 3 is 2.55 bits per heavy atom. The number of ether oxygens (including phenoxy) is 2. The lowest BCUT2D eigenvalue weighted by molar-refractivity contribution is -0.137. The van der Waals surface area contributed by atoms with Crippen LogP contribution in [0.2, 0.25) is 0 Å². The third kappa shape index (κ3) is 5.73. The van der Waals surface area contributed by atoms with Crippen LogP contribution < -0.4 is 15.4 Å².